The molecule has 0 aliphatic rings. The van der Waals surface area contributed by atoms with E-state index in [0.717, 1.165) is 0 Å². The summed E-state index contributed by atoms with van der Waals surface area (Å²) in [6.07, 6.45) is 3.22. The first-order valence-electron chi connectivity index (χ1n) is 7.12. The molecule has 3 aromatic rings. The molecular formula is C17H15ClFN3O. The van der Waals surface area contributed by atoms with Gasteiger partial charge in [0.15, 0.2) is 0 Å². The van der Waals surface area contributed by atoms with Crippen molar-refractivity contribution < 1.29 is 9.50 Å². The number of nitrogens with zero attached hydrogens (tertiary/aromatic N) is 3. The highest BCUT2D eigenvalue weighted by atomic mass is 35.5. The second kappa shape index (κ2) is 6.10. The van der Waals surface area contributed by atoms with Crippen molar-refractivity contribution in [1.29, 1.82) is 0 Å². The van der Waals surface area contributed by atoms with Crippen LogP contribution in [0.15, 0.2) is 60.9 Å². The zero-order valence-electron chi connectivity index (χ0n) is 12.4. The van der Waals surface area contributed by atoms with E-state index in [4.69, 9.17) is 11.6 Å². The van der Waals surface area contributed by atoms with Crippen molar-refractivity contribution in [3.63, 3.8) is 0 Å². The van der Waals surface area contributed by atoms with Crippen LogP contribution in [0.25, 0.3) is 0 Å². The lowest BCUT2D eigenvalue weighted by molar-refractivity contribution is 0.0240. The van der Waals surface area contributed by atoms with Gasteiger partial charge in [-0.1, -0.05) is 41.1 Å². The molecule has 0 amide bonds. The van der Waals surface area contributed by atoms with Crippen LogP contribution in [0, 0.1) is 5.82 Å². The Morgan fingerprint density at radius 2 is 1.65 bits per heavy atom. The van der Waals surface area contributed by atoms with Crippen molar-refractivity contribution in [2.45, 2.75) is 18.6 Å². The molecule has 0 spiro atoms. The van der Waals surface area contributed by atoms with E-state index in [1.54, 1.807) is 53.5 Å². The monoisotopic (exact) mass is 331 g/mol. The topological polar surface area (TPSA) is 50.9 Å². The van der Waals surface area contributed by atoms with Crippen LogP contribution in [0.5, 0.6) is 0 Å². The van der Waals surface area contributed by atoms with Gasteiger partial charge in [0.25, 0.3) is 0 Å². The molecule has 2 unspecified atom stereocenters. The summed E-state index contributed by atoms with van der Waals surface area (Å²) in [5.41, 5.74) is -0.216. The Hall–Kier alpha value is -2.24. The fourth-order valence-electron chi connectivity index (χ4n) is 2.67. The standard InChI is InChI=1S/C17H15ClFN3O/c1-12(22-11-10-20-21-22)17(23,13-2-6-15(18)7-3-13)14-4-8-16(19)9-5-14/h2-12,23H,1H3. The van der Waals surface area contributed by atoms with Gasteiger partial charge in [-0.3, -0.25) is 0 Å². The number of rotatable bonds is 4. The molecule has 1 heterocycles. The number of aromatic nitrogens is 3. The Balaban J connectivity index is 2.16. The Morgan fingerprint density at radius 1 is 1.09 bits per heavy atom. The van der Waals surface area contributed by atoms with Gasteiger partial charge in [0.05, 0.1) is 12.2 Å². The molecule has 0 saturated heterocycles. The van der Waals surface area contributed by atoms with Gasteiger partial charge < -0.3 is 5.11 Å². The van der Waals surface area contributed by atoms with Crippen molar-refractivity contribution in [2.75, 3.05) is 0 Å². The molecule has 0 aliphatic carbocycles. The highest BCUT2D eigenvalue weighted by molar-refractivity contribution is 6.30. The van der Waals surface area contributed by atoms with Crippen molar-refractivity contribution in [2.24, 2.45) is 0 Å². The smallest absolute Gasteiger partial charge is 0.137 e. The third-order valence-corrected chi connectivity index (χ3v) is 4.26. The van der Waals surface area contributed by atoms with Gasteiger partial charge in [-0.05, 0) is 42.3 Å². The highest BCUT2D eigenvalue weighted by Gasteiger charge is 2.39. The molecule has 0 saturated carbocycles. The van der Waals surface area contributed by atoms with Crippen LogP contribution < -0.4 is 0 Å². The van der Waals surface area contributed by atoms with Crippen LogP contribution in [0.1, 0.15) is 24.1 Å². The molecular weight excluding hydrogens is 317 g/mol. The van der Waals surface area contributed by atoms with E-state index in [-0.39, 0.29) is 5.82 Å². The molecule has 2 aromatic carbocycles. The quantitative estimate of drug-likeness (QED) is 0.795. The summed E-state index contributed by atoms with van der Waals surface area (Å²) in [7, 11) is 0. The molecule has 0 bridgehead atoms. The summed E-state index contributed by atoms with van der Waals surface area (Å²) in [5.74, 6) is -0.361. The predicted molar refractivity (Wildman–Crippen MR) is 85.6 cm³/mol. The van der Waals surface area contributed by atoms with Gasteiger partial charge >= 0.3 is 0 Å². The van der Waals surface area contributed by atoms with E-state index in [2.05, 4.69) is 10.3 Å². The molecule has 3 rings (SSSR count). The molecule has 1 N–H and O–H groups in total. The average Bonchev–Trinajstić information content (AvgIpc) is 3.09. The molecule has 2 atom stereocenters. The molecule has 0 radical (unpaired) electrons. The van der Waals surface area contributed by atoms with Crippen LogP contribution in [0.3, 0.4) is 0 Å². The number of hydrogen-bond donors (Lipinski definition) is 1. The van der Waals surface area contributed by atoms with E-state index < -0.39 is 11.6 Å². The summed E-state index contributed by atoms with van der Waals surface area (Å²) in [6.45, 7) is 1.83. The van der Waals surface area contributed by atoms with Crippen molar-refractivity contribution in [1.82, 2.24) is 15.0 Å². The predicted octanol–water partition coefficient (Wildman–Crippen LogP) is 3.57. The van der Waals surface area contributed by atoms with E-state index in [9.17, 15) is 9.50 Å². The Labute approximate surface area is 138 Å². The van der Waals surface area contributed by atoms with E-state index in [1.807, 2.05) is 6.92 Å². The number of halogens is 2. The summed E-state index contributed by atoms with van der Waals surface area (Å²) in [6, 6.07) is 12.2. The first-order chi connectivity index (χ1) is 11.0. The molecule has 6 heteroatoms. The highest BCUT2D eigenvalue weighted by Crippen LogP contribution is 2.39. The minimum absolute atomic E-state index is 0.361. The summed E-state index contributed by atoms with van der Waals surface area (Å²) < 4.78 is 14.8. The second-order valence-electron chi connectivity index (χ2n) is 5.34. The molecule has 0 fully saturated rings. The first-order valence-corrected chi connectivity index (χ1v) is 7.50. The first kappa shape index (κ1) is 15.6. The van der Waals surface area contributed by atoms with Gasteiger partial charge in [0.2, 0.25) is 0 Å². The van der Waals surface area contributed by atoms with Gasteiger partial charge in [-0.25, -0.2) is 9.07 Å². The minimum Gasteiger partial charge on any atom is -0.378 e. The van der Waals surface area contributed by atoms with Gasteiger partial charge in [0, 0.05) is 11.2 Å². The SMILES string of the molecule is CC(n1ccnn1)C(O)(c1ccc(F)cc1)c1ccc(Cl)cc1. The molecule has 4 nitrogen and oxygen atoms in total. The van der Waals surface area contributed by atoms with Gasteiger partial charge in [0.1, 0.15) is 11.4 Å². The minimum atomic E-state index is -1.41. The molecule has 23 heavy (non-hydrogen) atoms. The summed E-state index contributed by atoms with van der Waals surface area (Å²) in [4.78, 5) is 0. The number of aliphatic hydroxyl groups is 1. The molecule has 1 aromatic heterocycles. The Kier molecular flexibility index (Phi) is 4.15. The molecule has 0 aliphatic heterocycles. The van der Waals surface area contributed by atoms with Crippen LogP contribution >= 0.6 is 11.6 Å². The Morgan fingerprint density at radius 3 is 2.17 bits per heavy atom. The number of benzene rings is 2. The van der Waals surface area contributed by atoms with Gasteiger partial charge in [-0.15, -0.1) is 5.10 Å². The molecule has 118 valence electrons. The van der Waals surface area contributed by atoms with E-state index in [0.29, 0.717) is 16.1 Å². The Bertz CT molecular complexity index is 727. The average molecular weight is 332 g/mol. The maximum atomic E-state index is 13.3. The normalized spacial score (nSPS) is 15.1. The van der Waals surface area contributed by atoms with Crippen molar-refractivity contribution in [3.8, 4) is 0 Å². The zero-order valence-corrected chi connectivity index (χ0v) is 13.2. The van der Waals surface area contributed by atoms with E-state index in [1.165, 1.54) is 12.1 Å². The van der Waals surface area contributed by atoms with Crippen molar-refractivity contribution >= 4 is 11.6 Å². The number of hydrogen-bond acceptors (Lipinski definition) is 3. The summed E-state index contributed by atoms with van der Waals surface area (Å²) in [5, 5.41) is 19.9. The summed E-state index contributed by atoms with van der Waals surface area (Å²) >= 11 is 5.95. The second-order valence-corrected chi connectivity index (χ2v) is 5.78. The third kappa shape index (κ3) is 2.85. The fraction of sp³-hybridized carbons (Fsp3) is 0.176. The fourth-order valence-corrected chi connectivity index (χ4v) is 2.80. The van der Waals surface area contributed by atoms with Crippen molar-refractivity contribution in [3.05, 3.63) is 82.9 Å². The van der Waals surface area contributed by atoms with Crippen LogP contribution in [0.2, 0.25) is 5.02 Å². The lowest BCUT2D eigenvalue weighted by Crippen LogP contribution is -2.37. The van der Waals surface area contributed by atoms with E-state index >= 15 is 0 Å². The maximum absolute atomic E-state index is 13.3. The lowest BCUT2D eigenvalue weighted by Gasteiger charge is -2.35. The third-order valence-electron chi connectivity index (χ3n) is 4.01. The van der Waals surface area contributed by atoms with Crippen LogP contribution in [-0.4, -0.2) is 20.1 Å². The van der Waals surface area contributed by atoms with Crippen LogP contribution in [0.4, 0.5) is 4.39 Å². The maximum Gasteiger partial charge on any atom is 0.137 e. The zero-order chi connectivity index (χ0) is 16.4. The lowest BCUT2D eigenvalue weighted by atomic mass is 9.81. The van der Waals surface area contributed by atoms with Crippen LogP contribution in [-0.2, 0) is 5.60 Å². The van der Waals surface area contributed by atoms with Gasteiger partial charge in [-0.2, -0.15) is 0 Å². The largest absolute Gasteiger partial charge is 0.378 e.